The van der Waals surface area contributed by atoms with Crippen molar-refractivity contribution in [2.24, 2.45) is 5.92 Å². The van der Waals surface area contributed by atoms with Crippen LogP contribution in [0.3, 0.4) is 0 Å². The van der Waals surface area contributed by atoms with Gasteiger partial charge in [-0.3, -0.25) is 9.69 Å². The van der Waals surface area contributed by atoms with Gasteiger partial charge in [0.25, 0.3) is 5.91 Å². The van der Waals surface area contributed by atoms with Gasteiger partial charge in [-0.05, 0) is 95.1 Å². The maximum atomic E-state index is 14.6. The van der Waals surface area contributed by atoms with E-state index >= 15 is 0 Å². The van der Waals surface area contributed by atoms with Gasteiger partial charge in [0.05, 0.1) is 6.61 Å². The molecule has 1 unspecified atom stereocenters. The fourth-order valence-corrected chi connectivity index (χ4v) is 8.55. The summed E-state index contributed by atoms with van der Waals surface area (Å²) in [6.07, 6.45) is 3.37. The van der Waals surface area contributed by atoms with Crippen molar-refractivity contribution in [2.45, 2.75) is 75.3 Å². The average Bonchev–Trinajstić information content (AvgIpc) is 3.02. The first kappa shape index (κ1) is 29.4. The highest BCUT2D eigenvalue weighted by atomic mass is 32.2. The molecule has 0 aliphatic carbocycles. The van der Waals surface area contributed by atoms with Gasteiger partial charge in [0, 0.05) is 17.4 Å². The van der Waals surface area contributed by atoms with Crippen LogP contribution in [0.25, 0.3) is 0 Å². The highest BCUT2D eigenvalue weighted by Crippen LogP contribution is 2.52. The number of piperidine rings is 1. The summed E-state index contributed by atoms with van der Waals surface area (Å²) >= 11 is 0. The summed E-state index contributed by atoms with van der Waals surface area (Å²) in [4.78, 5) is 29.2. The van der Waals surface area contributed by atoms with Crippen LogP contribution in [0.5, 0.6) is 5.75 Å². The van der Waals surface area contributed by atoms with Crippen molar-refractivity contribution in [1.29, 1.82) is 0 Å². The number of ether oxygens (including phenoxy) is 2. The third kappa shape index (κ3) is 6.09. The molecule has 2 aromatic carbocycles. The minimum atomic E-state index is -3.73. The van der Waals surface area contributed by atoms with E-state index in [0.29, 0.717) is 57.5 Å². The van der Waals surface area contributed by atoms with Gasteiger partial charge in [-0.15, -0.1) is 0 Å². The lowest BCUT2D eigenvalue weighted by molar-refractivity contribution is -0.121. The Morgan fingerprint density at radius 3 is 2.51 bits per heavy atom. The first-order chi connectivity index (χ1) is 19.4. The number of nitrogens with zero attached hydrogens (tertiary/aromatic N) is 1. The number of carbonyl (C=O) groups is 2. The van der Waals surface area contributed by atoms with Crippen LogP contribution < -0.4 is 20.3 Å². The van der Waals surface area contributed by atoms with Crippen LogP contribution >= 0.6 is 0 Å². The second-order valence-corrected chi connectivity index (χ2v) is 14.7. The van der Waals surface area contributed by atoms with Gasteiger partial charge in [-0.2, -0.15) is 0 Å². The number of carbonyl (C=O) groups excluding carboxylic acids is 2. The molecule has 1 spiro atoms. The molecule has 3 atom stereocenters. The first-order valence-electron chi connectivity index (χ1n) is 14.4. The molecule has 0 aromatic heterocycles. The fourth-order valence-electron chi connectivity index (χ4n) is 6.77. The first-order valence-corrected chi connectivity index (χ1v) is 16.4. The Labute approximate surface area is 242 Å². The van der Waals surface area contributed by atoms with Gasteiger partial charge >= 0.3 is 6.09 Å². The zero-order valence-corrected chi connectivity index (χ0v) is 25.1. The number of anilines is 1. The van der Waals surface area contributed by atoms with Crippen molar-refractivity contribution < 1.29 is 27.5 Å². The van der Waals surface area contributed by atoms with E-state index in [4.69, 9.17) is 9.47 Å². The highest BCUT2D eigenvalue weighted by molar-refractivity contribution is 7.91. The molecule has 10 heteroatoms. The number of benzene rings is 2. The van der Waals surface area contributed by atoms with E-state index in [1.165, 1.54) is 11.2 Å². The summed E-state index contributed by atoms with van der Waals surface area (Å²) < 4.78 is 38.6. The van der Waals surface area contributed by atoms with E-state index in [9.17, 15) is 18.0 Å². The summed E-state index contributed by atoms with van der Waals surface area (Å²) in [5.74, 6) is 0.411. The lowest BCUT2D eigenvalue weighted by Gasteiger charge is -2.41. The maximum absolute atomic E-state index is 14.6. The maximum Gasteiger partial charge on any atom is 0.408 e. The molecule has 3 aliphatic heterocycles. The van der Waals surface area contributed by atoms with Crippen LogP contribution in [0.1, 0.15) is 57.6 Å². The van der Waals surface area contributed by atoms with Gasteiger partial charge in [0.1, 0.15) is 22.8 Å². The number of amides is 2. The molecule has 3 aliphatic rings. The van der Waals surface area contributed by atoms with E-state index in [-0.39, 0.29) is 5.92 Å². The van der Waals surface area contributed by atoms with Crippen LogP contribution in [0, 0.1) is 5.92 Å². The molecule has 1 saturated heterocycles. The van der Waals surface area contributed by atoms with Crippen molar-refractivity contribution in [1.82, 2.24) is 10.6 Å². The summed E-state index contributed by atoms with van der Waals surface area (Å²) in [6, 6.07) is 14.4. The van der Waals surface area contributed by atoms with Crippen molar-refractivity contribution in [3.63, 3.8) is 0 Å². The Morgan fingerprint density at radius 2 is 1.80 bits per heavy atom. The van der Waals surface area contributed by atoms with Crippen molar-refractivity contribution >= 4 is 27.5 Å². The molecule has 0 bridgehead atoms. The Bertz CT molecular complexity index is 1400. The summed E-state index contributed by atoms with van der Waals surface area (Å²) in [5.41, 5.74) is 1.03. The zero-order chi connectivity index (χ0) is 29.4. The van der Waals surface area contributed by atoms with Crippen molar-refractivity contribution in [3.8, 4) is 5.75 Å². The second kappa shape index (κ2) is 11.3. The number of hydrogen-bond donors (Lipinski definition) is 2. The summed E-state index contributed by atoms with van der Waals surface area (Å²) in [5, 5.41) is 5.11. The third-order valence-corrected chi connectivity index (χ3v) is 9.84. The molecular formula is C31H41N3O6S. The third-order valence-electron chi connectivity index (χ3n) is 8.37. The summed E-state index contributed by atoms with van der Waals surface area (Å²) in [6.45, 7) is 7.09. The van der Waals surface area contributed by atoms with E-state index in [2.05, 4.69) is 10.6 Å². The molecule has 1 fully saturated rings. The molecule has 5 rings (SSSR count). The zero-order valence-electron chi connectivity index (χ0n) is 24.3. The topological polar surface area (TPSA) is 114 Å². The largest absolute Gasteiger partial charge is 0.493 e. The van der Waals surface area contributed by atoms with Crippen LogP contribution in [-0.4, -0.2) is 63.4 Å². The molecule has 2 N–H and O–H groups in total. The van der Waals surface area contributed by atoms with Gasteiger partial charge in [0.15, 0.2) is 9.84 Å². The highest BCUT2D eigenvalue weighted by Gasteiger charge is 2.58. The minimum Gasteiger partial charge on any atom is -0.493 e. The van der Waals surface area contributed by atoms with Gasteiger partial charge in [-0.25, -0.2) is 13.2 Å². The Morgan fingerprint density at radius 1 is 1.12 bits per heavy atom. The number of rotatable bonds is 5. The molecule has 3 heterocycles. The normalized spacial score (nSPS) is 22.6. The van der Waals surface area contributed by atoms with Crippen LogP contribution in [-0.2, 0) is 31.2 Å². The lowest BCUT2D eigenvalue weighted by Crippen LogP contribution is -2.59. The molecule has 9 nitrogen and oxygen atoms in total. The number of para-hydroxylation sites is 2. The van der Waals surface area contributed by atoms with Crippen LogP contribution in [0.2, 0.25) is 0 Å². The predicted molar refractivity (Wildman–Crippen MR) is 158 cm³/mol. The molecule has 41 heavy (non-hydrogen) atoms. The van der Waals surface area contributed by atoms with Crippen molar-refractivity contribution in [3.05, 3.63) is 59.7 Å². The van der Waals surface area contributed by atoms with Crippen LogP contribution in [0.4, 0.5) is 10.5 Å². The quantitative estimate of drug-likeness (QED) is 0.548. The van der Waals surface area contributed by atoms with E-state index < -0.39 is 44.3 Å². The number of fused-ring (bicyclic) bond motifs is 3. The molecule has 0 saturated carbocycles. The Balaban J connectivity index is 1.53. The smallest absolute Gasteiger partial charge is 0.408 e. The van der Waals surface area contributed by atoms with Crippen LogP contribution in [0.15, 0.2) is 48.5 Å². The standard InChI is InChI=1S/C31H41N3O6S/c1-30(2,3)40-29(36)33-24(20-21-13-18-39-26-12-8-5-9-22(26)19-21)27(35)34-25-11-7-6-10-23(25)31(14-16-32-17-15-31)28(34)41(4,37)38/h5-12,21,24,28,32H,13-20H2,1-4H3,(H,33,36)/t21-,24-,28?/m0/s1. The Kier molecular flexibility index (Phi) is 8.09. The van der Waals surface area contributed by atoms with E-state index in [1.54, 1.807) is 20.8 Å². The van der Waals surface area contributed by atoms with E-state index in [0.717, 1.165) is 16.9 Å². The lowest BCUT2D eigenvalue weighted by atomic mass is 9.74. The number of hydrogen-bond acceptors (Lipinski definition) is 7. The monoisotopic (exact) mass is 583 g/mol. The van der Waals surface area contributed by atoms with Gasteiger partial charge in [0.2, 0.25) is 0 Å². The minimum absolute atomic E-state index is 0.0184. The van der Waals surface area contributed by atoms with Gasteiger partial charge < -0.3 is 20.1 Å². The fraction of sp³-hybridized carbons (Fsp3) is 0.548. The average molecular weight is 584 g/mol. The second-order valence-electron chi connectivity index (χ2n) is 12.6. The Hall–Kier alpha value is -3.11. The predicted octanol–water partition coefficient (Wildman–Crippen LogP) is 3.95. The van der Waals surface area contributed by atoms with Crippen molar-refractivity contribution in [2.75, 3.05) is 30.9 Å². The SMILES string of the molecule is CC(C)(C)OC(=O)N[C@@H](C[C@H]1CCOc2ccccc2C1)C(=O)N1c2ccccc2C2(CCNCC2)C1S(C)(=O)=O. The molecule has 0 radical (unpaired) electrons. The molecule has 2 aromatic rings. The number of sulfone groups is 1. The summed E-state index contributed by atoms with van der Waals surface area (Å²) in [7, 11) is -3.73. The molecule has 2 amide bonds. The molecular weight excluding hydrogens is 542 g/mol. The van der Waals surface area contributed by atoms with Gasteiger partial charge in [-0.1, -0.05) is 36.4 Å². The number of alkyl carbamates (subject to hydrolysis) is 1. The number of nitrogens with one attached hydrogen (secondary N) is 2. The van der Waals surface area contributed by atoms with E-state index in [1.807, 2.05) is 48.5 Å². The molecule has 222 valence electrons.